The topological polar surface area (TPSA) is 93.5 Å². The van der Waals surface area contributed by atoms with Crippen molar-refractivity contribution in [3.8, 4) is 0 Å². The molecular weight excluding hydrogens is 300 g/mol. The van der Waals surface area contributed by atoms with E-state index in [0.29, 0.717) is 37.0 Å². The second-order valence-corrected chi connectivity index (χ2v) is 5.29. The van der Waals surface area contributed by atoms with Gasteiger partial charge >= 0.3 is 0 Å². The lowest BCUT2D eigenvalue weighted by molar-refractivity contribution is -0.00581. The van der Waals surface area contributed by atoms with Gasteiger partial charge in [0.1, 0.15) is 12.6 Å². The van der Waals surface area contributed by atoms with E-state index in [1.54, 1.807) is 24.3 Å². The minimum absolute atomic E-state index is 0.0468. The van der Waals surface area contributed by atoms with Gasteiger partial charge in [-0.3, -0.25) is 4.79 Å². The van der Waals surface area contributed by atoms with Crippen LogP contribution in [0.5, 0.6) is 0 Å². The predicted octanol–water partition coefficient (Wildman–Crippen LogP) is 1.32. The number of H-pyrrole nitrogens is 1. The quantitative estimate of drug-likeness (QED) is 0.893. The fraction of sp³-hybridized carbons (Fsp3) is 0.533. The molecular formula is C15H20N4O4. The third kappa shape index (κ3) is 3.13. The molecule has 3 heterocycles. The van der Waals surface area contributed by atoms with Gasteiger partial charge in [-0.25, -0.2) is 0 Å². The van der Waals surface area contributed by atoms with Crippen LogP contribution in [0.2, 0.25) is 0 Å². The maximum atomic E-state index is 12.9. The number of aryl methyl sites for hydroxylation is 1. The van der Waals surface area contributed by atoms with Gasteiger partial charge in [0.25, 0.3) is 11.8 Å². The highest BCUT2D eigenvalue weighted by Gasteiger charge is 2.33. The molecule has 1 atom stereocenters. The number of hydrogen-bond acceptors (Lipinski definition) is 6. The third-order valence-corrected chi connectivity index (χ3v) is 3.86. The normalized spacial score (nSPS) is 18.3. The van der Waals surface area contributed by atoms with E-state index >= 15 is 0 Å². The van der Waals surface area contributed by atoms with Crippen LogP contribution < -0.4 is 0 Å². The van der Waals surface area contributed by atoms with E-state index in [-0.39, 0.29) is 18.6 Å². The van der Waals surface area contributed by atoms with Crippen molar-refractivity contribution in [2.45, 2.75) is 26.0 Å². The van der Waals surface area contributed by atoms with Crippen molar-refractivity contribution < 1.29 is 18.8 Å². The molecule has 23 heavy (non-hydrogen) atoms. The molecule has 1 amide bonds. The van der Waals surface area contributed by atoms with Crippen molar-refractivity contribution in [1.29, 1.82) is 0 Å². The molecule has 0 aromatic carbocycles. The van der Waals surface area contributed by atoms with Crippen LogP contribution in [0, 0.1) is 0 Å². The van der Waals surface area contributed by atoms with Gasteiger partial charge in [0.15, 0.2) is 5.82 Å². The molecule has 2 aromatic heterocycles. The highest BCUT2D eigenvalue weighted by atomic mass is 16.5. The lowest BCUT2D eigenvalue weighted by atomic mass is 10.1. The molecule has 0 radical (unpaired) electrons. The van der Waals surface area contributed by atoms with Gasteiger partial charge in [0, 0.05) is 25.5 Å². The summed E-state index contributed by atoms with van der Waals surface area (Å²) in [6.07, 6.45) is 2.55. The molecule has 1 fully saturated rings. The van der Waals surface area contributed by atoms with E-state index in [0.717, 1.165) is 12.1 Å². The first-order valence-corrected chi connectivity index (χ1v) is 7.61. The Morgan fingerprint density at radius 2 is 2.43 bits per heavy atom. The number of amides is 1. The molecule has 1 saturated heterocycles. The first kappa shape index (κ1) is 15.7. The van der Waals surface area contributed by atoms with E-state index < -0.39 is 0 Å². The minimum atomic E-state index is -0.356. The fourth-order valence-electron chi connectivity index (χ4n) is 2.70. The van der Waals surface area contributed by atoms with Crippen LogP contribution in [-0.4, -0.2) is 52.8 Å². The van der Waals surface area contributed by atoms with Crippen LogP contribution in [0.1, 0.15) is 40.7 Å². The van der Waals surface area contributed by atoms with Crippen LogP contribution >= 0.6 is 0 Å². The molecule has 124 valence electrons. The summed E-state index contributed by atoms with van der Waals surface area (Å²) in [5, 5.41) is 3.97. The smallest absolute Gasteiger partial charge is 0.256 e. The number of aromatic amines is 1. The summed E-state index contributed by atoms with van der Waals surface area (Å²) in [5.74, 6) is 0.782. The number of nitrogens with zero attached hydrogens (tertiary/aromatic N) is 3. The highest BCUT2D eigenvalue weighted by Crippen LogP contribution is 2.25. The number of methoxy groups -OCH3 is 1. The summed E-state index contributed by atoms with van der Waals surface area (Å²) in [7, 11) is 1.56. The molecule has 8 heteroatoms. The summed E-state index contributed by atoms with van der Waals surface area (Å²) < 4.78 is 15.6. The summed E-state index contributed by atoms with van der Waals surface area (Å²) in [5.41, 5.74) is 1.61. The Morgan fingerprint density at radius 3 is 3.22 bits per heavy atom. The van der Waals surface area contributed by atoms with Gasteiger partial charge in [-0.05, 0) is 12.5 Å². The molecule has 2 aromatic rings. The zero-order chi connectivity index (χ0) is 16.2. The van der Waals surface area contributed by atoms with Crippen molar-refractivity contribution in [3.05, 3.63) is 35.2 Å². The van der Waals surface area contributed by atoms with Crippen molar-refractivity contribution in [1.82, 2.24) is 20.0 Å². The Hall–Kier alpha value is -2.19. The number of nitrogens with one attached hydrogen (secondary N) is 1. The van der Waals surface area contributed by atoms with Crippen LogP contribution in [0.3, 0.4) is 0 Å². The molecule has 1 unspecified atom stereocenters. The Bertz CT molecular complexity index is 666. The zero-order valence-corrected chi connectivity index (χ0v) is 13.2. The van der Waals surface area contributed by atoms with E-state index in [1.807, 2.05) is 6.92 Å². The molecule has 1 aliphatic heterocycles. The van der Waals surface area contributed by atoms with Crippen molar-refractivity contribution >= 4 is 5.91 Å². The molecule has 1 aliphatic rings. The predicted molar refractivity (Wildman–Crippen MR) is 79.8 cm³/mol. The van der Waals surface area contributed by atoms with Gasteiger partial charge in [0.2, 0.25) is 0 Å². The highest BCUT2D eigenvalue weighted by molar-refractivity contribution is 5.95. The van der Waals surface area contributed by atoms with E-state index in [2.05, 4.69) is 15.1 Å². The van der Waals surface area contributed by atoms with E-state index in [4.69, 9.17) is 14.0 Å². The van der Waals surface area contributed by atoms with Crippen molar-refractivity contribution in [2.75, 3.05) is 26.9 Å². The summed E-state index contributed by atoms with van der Waals surface area (Å²) in [4.78, 5) is 22.0. The molecule has 1 N–H and O–H groups in total. The van der Waals surface area contributed by atoms with Crippen molar-refractivity contribution in [3.63, 3.8) is 0 Å². The SMILES string of the molecule is CCc1[nH]ccc1C(=O)N1CCOCC1c1noc(COC)n1. The number of ether oxygens (including phenoxy) is 2. The number of aromatic nitrogens is 3. The largest absolute Gasteiger partial charge is 0.377 e. The Balaban J connectivity index is 1.84. The van der Waals surface area contributed by atoms with Crippen LogP contribution in [-0.2, 0) is 22.5 Å². The standard InChI is InChI=1S/C15H20N4O4/c1-3-11-10(4-5-16-11)15(20)19-6-7-22-8-12(19)14-17-13(9-21-2)23-18-14/h4-5,12,16H,3,6-9H2,1-2H3. The van der Waals surface area contributed by atoms with Crippen LogP contribution in [0.15, 0.2) is 16.8 Å². The summed E-state index contributed by atoms with van der Waals surface area (Å²) >= 11 is 0. The maximum Gasteiger partial charge on any atom is 0.256 e. The molecule has 0 bridgehead atoms. The van der Waals surface area contributed by atoms with Crippen LogP contribution in [0.25, 0.3) is 0 Å². The average Bonchev–Trinajstić information content (AvgIpc) is 3.23. The van der Waals surface area contributed by atoms with Crippen LogP contribution in [0.4, 0.5) is 0 Å². The van der Waals surface area contributed by atoms with Gasteiger partial charge in [-0.2, -0.15) is 4.98 Å². The molecule has 0 aliphatic carbocycles. The second-order valence-electron chi connectivity index (χ2n) is 5.29. The van der Waals surface area contributed by atoms with Gasteiger partial charge in [-0.15, -0.1) is 0 Å². The van der Waals surface area contributed by atoms with E-state index in [1.165, 1.54) is 0 Å². The number of carbonyl (C=O) groups is 1. The number of carbonyl (C=O) groups excluding carboxylic acids is 1. The summed E-state index contributed by atoms with van der Waals surface area (Å²) in [6.45, 7) is 3.59. The maximum absolute atomic E-state index is 12.9. The van der Waals surface area contributed by atoms with Crippen molar-refractivity contribution in [2.24, 2.45) is 0 Å². The summed E-state index contributed by atoms with van der Waals surface area (Å²) in [6, 6.07) is 1.45. The lowest BCUT2D eigenvalue weighted by Gasteiger charge is -2.33. The Kier molecular flexibility index (Phi) is 4.73. The first-order chi connectivity index (χ1) is 11.2. The van der Waals surface area contributed by atoms with Gasteiger partial charge in [-0.1, -0.05) is 12.1 Å². The first-order valence-electron chi connectivity index (χ1n) is 7.61. The van der Waals surface area contributed by atoms with Gasteiger partial charge in [0.05, 0.1) is 18.8 Å². The number of rotatable bonds is 5. The molecule has 8 nitrogen and oxygen atoms in total. The molecule has 3 rings (SSSR count). The third-order valence-electron chi connectivity index (χ3n) is 3.86. The fourth-order valence-corrected chi connectivity index (χ4v) is 2.70. The van der Waals surface area contributed by atoms with E-state index in [9.17, 15) is 4.79 Å². The molecule has 0 spiro atoms. The number of hydrogen-bond donors (Lipinski definition) is 1. The molecule has 0 saturated carbocycles. The second kappa shape index (κ2) is 6.93. The minimum Gasteiger partial charge on any atom is -0.377 e. The number of morpholine rings is 1. The Labute approximate surface area is 133 Å². The zero-order valence-electron chi connectivity index (χ0n) is 13.2. The van der Waals surface area contributed by atoms with Gasteiger partial charge < -0.3 is 23.9 Å². The Morgan fingerprint density at radius 1 is 1.57 bits per heavy atom. The lowest BCUT2D eigenvalue weighted by Crippen LogP contribution is -2.44. The monoisotopic (exact) mass is 320 g/mol. The average molecular weight is 320 g/mol.